The molecule has 3 N–H and O–H groups in total. The van der Waals surface area contributed by atoms with Crippen molar-refractivity contribution in [1.82, 2.24) is 5.32 Å². The third-order valence-electron chi connectivity index (χ3n) is 2.16. The van der Waals surface area contributed by atoms with E-state index in [0.29, 0.717) is 22.1 Å². The number of hydrogen-bond acceptors (Lipinski definition) is 4. The maximum atomic E-state index is 11.1. The molecule has 1 rings (SSSR count). The van der Waals surface area contributed by atoms with Gasteiger partial charge in [0.2, 0.25) is 0 Å². The van der Waals surface area contributed by atoms with E-state index in [1.807, 2.05) is 0 Å². The lowest BCUT2D eigenvalue weighted by Crippen LogP contribution is -2.25. The number of carbonyl (C=O) groups is 1. The second-order valence-electron chi connectivity index (χ2n) is 3.26. The monoisotopic (exact) mass is 258 g/mol. The van der Waals surface area contributed by atoms with E-state index in [1.54, 1.807) is 12.1 Å². The maximum Gasteiger partial charge on any atom is 0.257 e. The van der Waals surface area contributed by atoms with Crippen molar-refractivity contribution in [1.29, 1.82) is 0 Å². The summed E-state index contributed by atoms with van der Waals surface area (Å²) in [5.74, 6) is 0.676. The Morgan fingerprint density at radius 3 is 2.76 bits per heavy atom. The van der Waals surface area contributed by atoms with Crippen LogP contribution in [0.15, 0.2) is 12.1 Å². The van der Waals surface area contributed by atoms with E-state index in [-0.39, 0.29) is 19.1 Å². The molecule has 0 unspecified atom stereocenters. The van der Waals surface area contributed by atoms with Gasteiger partial charge in [-0.2, -0.15) is 0 Å². The first-order valence-electron chi connectivity index (χ1n) is 5.02. The average molecular weight is 259 g/mol. The molecule has 0 aromatic heterocycles. The number of amides is 1. The number of hydrogen-bond donors (Lipinski definition) is 2. The number of nitrogens with two attached hydrogens (primary N) is 1. The number of nitrogens with one attached hydrogen (secondary N) is 1. The molecule has 94 valence electrons. The summed E-state index contributed by atoms with van der Waals surface area (Å²) >= 11 is 5.90. The van der Waals surface area contributed by atoms with Gasteiger partial charge in [-0.05, 0) is 6.07 Å². The number of carbonyl (C=O) groups excluding carboxylic acids is 1. The summed E-state index contributed by atoms with van der Waals surface area (Å²) in [5.41, 5.74) is 6.28. The Balaban J connectivity index is 2.98. The summed E-state index contributed by atoms with van der Waals surface area (Å²) in [5, 5.41) is 2.97. The van der Waals surface area contributed by atoms with Gasteiger partial charge in [-0.1, -0.05) is 11.6 Å². The van der Waals surface area contributed by atoms with Gasteiger partial charge in [0.25, 0.3) is 5.91 Å². The zero-order chi connectivity index (χ0) is 12.8. The summed E-state index contributed by atoms with van der Waals surface area (Å²) in [6.45, 7) is 0.154. The first-order valence-corrected chi connectivity index (χ1v) is 5.40. The van der Waals surface area contributed by atoms with Crippen LogP contribution in [0, 0.1) is 0 Å². The Morgan fingerprint density at radius 2 is 2.24 bits per heavy atom. The van der Waals surface area contributed by atoms with Crippen LogP contribution in [0.5, 0.6) is 11.5 Å². The molecule has 1 aromatic rings. The van der Waals surface area contributed by atoms with Gasteiger partial charge in [0.15, 0.2) is 18.1 Å². The van der Waals surface area contributed by atoms with Crippen molar-refractivity contribution >= 4 is 17.5 Å². The van der Waals surface area contributed by atoms with Crippen LogP contribution in [0.3, 0.4) is 0 Å². The Kier molecular flexibility index (Phi) is 5.06. The Hall–Kier alpha value is -1.46. The topological polar surface area (TPSA) is 73.6 Å². The van der Waals surface area contributed by atoms with Crippen molar-refractivity contribution in [3.05, 3.63) is 22.7 Å². The van der Waals surface area contributed by atoms with Gasteiger partial charge in [-0.15, -0.1) is 0 Å². The zero-order valence-electron chi connectivity index (χ0n) is 9.75. The number of methoxy groups -OCH3 is 1. The van der Waals surface area contributed by atoms with Crippen LogP contribution in [-0.2, 0) is 11.3 Å². The highest BCUT2D eigenvalue weighted by molar-refractivity contribution is 6.30. The Morgan fingerprint density at radius 1 is 1.53 bits per heavy atom. The zero-order valence-corrected chi connectivity index (χ0v) is 10.5. The summed E-state index contributed by atoms with van der Waals surface area (Å²) in [6, 6.07) is 3.29. The number of rotatable bonds is 5. The SMILES string of the molecule is CNC(=O)COc1c(CN)cc(Cl)cc1OC. The first kappa shape index (κ1) is 13.6. The second kappa shape index (κ2) is 6.32. The van der Waals surface area contributed by atoms with Crippen LogP contribution in [0.1, 0.15) is 5.56 Å². The van der Waals surface area contributed by atoms with E-state index < -0.39 is 0 Å². The predicted octanol–water partition coefficient (Wildman–Crippen LogP) is 0.932. The minimum absolute atomic E-state index is 0.0957. The largest absolute Gasteiger partial charge is 0.493 e. The molecule has 0 saturated carbocycles. The van der Waals surface area contributed by atoms with Crippen molar-refractivity contribution in [2.45, 2.75) is 6.54 Å². The fourth-order valence-corrected chi connectivity index (χ4v) is 1.53. The minimum Gasteiger partial charge on any atom is -0.493 e. The van der Waals surface area contributed by atoms with E-state index in [1.165, 1.54) is 14.2 Å². The molecule has 1 aromatic carbocycles. The van der Waals surface area contributed by atoms with Crippen LogP contribution < -0.4 is 20.5 Å². The van der Waals surface area contributed by atoms with Crippen molar-refractivity contribution in [2.24, 2.45) is 5.73 Å². The Labute approximate surface area is 105 Å². The molecule has 0 heterocycles. The van der Waals surface area contributed by atoms with Crippen molar-refractivity contribution in [3.8, 4) is 11.5 Å². The van der Waals surface area contributed by atoms with Crippen LogP contribution in [-0.4, -0.2) is 26.7 Å². The van der Waals surface area contributed by atoms with E-state index in [9.17, 15) is 4.79 Å². The van der Waals surface area contributed by atoms with E-state index in [4.69, 9.17) is 26.8 Å². The lowest BCUT2D eigenvalue weighted by molar-refractivity contribution is -0.122. The molecule has 0 radical (unpaired) electrons. The number of ether oxygens (including phenoxy) is 2. The lowest BCUT2D eigenvalue weighted by atomic mass is 10.2. The molecule has 6 heteroatoms. The van der Waals surface area contributed by atoms with Gasteiger partial charge in [0.05, 0.1) is 7.11 Å². The third kappa shape index (κ3) is 3.51. The quantitative estimate of drug-likeness (QED) is 0.824. The molecule has 0 fully saturated rings. The van der Waals surface area contributed by atoms with Crippen molar-refractivity contribution in [2.75, 3.05) is 20.8 Å². The molecule has 0 atom stereocenters. The fourth-order valence-electron chi connectivity index (χ4n) is 1.30. The van der Waals surface area contributed by atoms with Crippen LogP contribution >= 0.6 is 11.6 Å². The van der Waals surface area contributed by atoms with E-state index >= 15 is 0 Å². The minimum atomic E-state index is -0.232. The summed E-state index contributed by atoms with van der Waals surface area (Å²) in [7, 11) is 3.04. The molecule has 0 aliphatic carbocycles. The smallest absolute Gasteiger partial charge is 0.257 e. The molecular weight excluding hydrogens is 244 g/mol. The third-order valence-corrected chi connectivity index (χ3v) is 2.38. The molecule has 17 heavy (non-hydrogen) atoms. The maximum absolute atomic E-state index is 11.1. The lowest BCUT2D eigenvalue weighted by Gasteiger charge is -2.14. The molecule has 5 nitrogen and oxygen atoms in total. The summed E-state index contributed by atoms with van der Waals surface area (Å²) < 4.78 is 10.5. The van der Waals surface area contributed by atoms with Crippen LogP contribution in [0.25, 0.3) is 0 Å². The second-order valence-corrected chi connectivity index (χ2v) is 3.70. The average Bonchev–Trinajstić information content (AvgIpc) is 2.35. The highest BCUT2D eigenvalue weighted by atomic mass is 35.5. The molecule has 0 saturated heterocycles. The molecule has 0 bridgehead atoms. The highest BCUT2D eigenvalue weighted by Crippen LogP contribution is 2.34. The van der Waals surface area contributed by atoms with Crippen molar-refractivity contribution < 1.29 is 14.3 Å². The van der Waals surface area contributed by atoms with Gasteiger partial charge in [-0.3, -0.25) is 4.79 Å². The Bertz CT molecular complexity index is 385. The molecular formula is C11H15ClN2O3. The summed E-state index contributed by atoms with van der Waals surface area (Å²) in [6.07, 6.45) is 0. The van der Waals surface area contributed by atoms with E-state index in [2.05, 4.69) is 5.32 Å². The van der Waals surface area contributed by atoms with E-state index in [0.717, 1.165) is 0 Å². The van der Waals surface area contributed by atoms with Gasteiger partial charge in [0, 0.05) is 30.2 Å². The van der Waals surface area contributed by atoms with Crippen LogP contribution in [0.2, 0.25) is 5.02 Å². The molecule has 0 aliphatic rings. The van der Waals surface area contributed by atoms with Crippen LogP contribution in [0.4, 0.5) is 0 Å². The number of benzene rings is 1. The number of halogens is 1. The predicted molar refractivity (Wildman–Crippen MR) is 65.5 cm³/mol. The summed E-state index contributed by atoms with van der Waals surface area (Å²) in [4.78, 5) is 11.1. The fraction of sp³-hybridized carbons (Fsp3) is 0.364. The van der Waals surface area contributed by atoms with Gasteiger partial charge >= 0.3 is 0 Å². The molecule has 1 amide bonds. The van der Waals surface area contributed by atoms with Gasteiger partial charge in [-0.25, -0.2) is 0 Å². The molecule has 0 spiro atoms. The molecule has 0 aliphatic heterocycles. The first-order chi connectivity index (χ1) is 8.12. The van der Waals surface area contributed by atoms with Gasteiger partial charge in [0.1, 0.15) is 0 Å². The standard InChI is InChI=1S/C11H15ClN2O3/c1-14-10(15)6-17-11-7(5-13)3-8(12)4-9(11)16-2/h3-4H,5-6,13H2,1-2H3,(H,14,15). The van der Waals surface area contributed by atoms with Crippen molar-refractivity contribution in [3.63, 3.8) is 0 Å². The number of likely N-dealkylation sites (N-methyl/N-ethyl adjacent to an activating group) is 1. The van der Waals surface area contributed by atoms with Gasteiger partial charge < -0.3 is 20.5 Å². The normalized spacial score (nSPS) is 9.88. The highest BCUT2D eigenvalue weighted by Gasteiger charge is 2.13.